The summed E-state index contributed by atoms with van der Waals surface area (Å²) in [5, 5.41) is 14.1. The first-order valence-electron chi connectivity index (χ1n) is 8.26. The molecule has 1 N–H and O–H groups in total. The molecule has 0 spiro atoms. The average Bonchev–Trinajstić information content (AvgIpc) is 3.11. The molecule has 7 nitrogen and oxygen atoms in total. The number of carbonyl (C=O) groups excluding carboxylic acids is 1. The maximum absolute atomic E-state index is 12.9. The first-order chi connectivity index (χ1) is 12.0. The van der Waals surface area contributed by atoms with E-state index in [1.165, 1.54) is 19.2 Å². The van der Waals surface area contributed by atoms with Crippen LogP contribution in [0, 0.1) is 0 Å². The van der Waals surface area contributed by atoms with Crippen LogP contribution in [0.1, 0.15) is 28.9 Å². The van der Waals surface area contributed by atoms with E-state index >= 15 is 0 Å². The van der Waals surface area contributed by atoms with Gasteiger partial charge in [-0.05, 0) is 25.0 Å². The summed E-state index contributed by atoms with van der Waals surface area (Å²) in [6.07, 6.45) is 1.84. The number of hydrogen-bond acceptors (Lipinski definition) is 5. The third-order valence-corrected chi connectivity index (χ3v) is 4.27. The molecule has 1 aliphatic heterocycles. The molecule has 0 aliphatic carbocycles. The standard InChI is InChI=1S/C18H21N3O4/c1-20-17(23)9-8-15(19-20)18(24)21(12-14-6-4-10-25-14)11-13-5-2-3-7-16(13)22/h2-3,5,7-9,14,22H,4,6,10-12H2,1H3. The topological polar surface area (TPSA) is 84.7 Å². The minimum atomic E-state index is -0.297. The molecule has 2 aromatic rings. The first kappa shape index (κ1) is 17.2. The zero-order chi connectivity index (χ0) is 17.8. The Morgan fingerprint density at radius 1 is 1.36 bits per heavy atom. The summed E-state index contributed by atoms with van der Waals surface area (Å²) in [5.74, 6) is -0.157. The van der Waals surface area contributed by atoms with Gasteiger partial charge in [0.25, 0.3) is 11.5 Å². The van der Waals surface area contributed by atoms with Gasteiger partial charge in [-0.3, -0.25) is 9.59 Å². The van der Waals surface area contributed by atoms with Crippen molar-refractivity contribution in [3.63, 3.8) is 0 Å². The first-order valence-corrected chi connectivity index (χ1v) is 8.26. The van der Waals surface area contributed by atoms with Crippen molar-refractivity contribution in [2.45, 2.75) is 25.5 Å². The van der Waals surface area contributed by atoms with Crippen molar-refractivity contribution in [1.82, 2.24) is 14.7 Å². The molecule has 25 heavy (non-hydrogen) atoms. The van der Waals surface area contributed by atoms with Crippen molar-refractivity contribution in [3.8, 4) is 5.75 Å². The zero-order valence-electron chi connectivity index (χ0n) is 14.1. The number of benzene rings is 1. The minimum absolute atomic E-state index is 0.0256. The van der Waals surface area contributed by atoms with Gasteiger partial charge in [-0.2, -0.15) is 5.10 Å². The lowest BCUT2D eigenvalue weighted by Crippen LogP contribution is -2.38. The molecular weight excluding hydrogens is 322 g/mol. The van der Waals surface area contributed by atoms with Crippen LogP contribution in [0.4, 0.5) is 0 Å². The van der Waals surface area contributed by atoms with Crippen LogP contribution in [-0.4, -0.2) is 44.9 Å². The highest BCUT2D eigenvalue weighted by Gasteiger charge is 2.25. The Morgan fingerprint density at radius 3 is 2.84 bits per heavy atom. The number of nitrogens with zero attached hydrogens (tertiary/aromatic N) is 3. The minimum Gasteiger partial charge on any atom is -0.508 e. The van der Waals surface area contributed by atoms with Crippen molar-refractivity contribution >= 4 is 5.91 Å². The smallest absolute Gasteiger partial charge is 0.274 e. The van der Waals surface area contributed by atoms with Crippen LogP contribution in [0.5, 0.6) is 5.75 Å². The van der Waals surface area contributed by atoms with Crippen molar-refractivity contribution in [2.75, 3.05) is 13.2 Å². The number of aromatic hydroxyl groups is 1. The second-order valence-corrected chi connectivity index (χ2v) is 6.13. The molecule has 0 bridgehead atoms. The number of phenolic OH excluding ortho intramolecular Hbond substituents is 1. The molecule has 1 aromatic heterocycles. The van der Waals surface area contributed by atoms with Gasteiger partial charge in [0.15, 0.2) is 0 Å². The SMILES string of the molecule is Cn1nc(C(=O)N(Cc2ccccc2O)CC2CCCO2)ccc1=O. The molecule has 3 rings (SSSR count). The van der Waals surface area contributed by atoms with Crippen LogP contribution in [-0.2, 0) is 18.3 Å². The third kappa shape index (κ3) is 4.06. The molecule has 0 saturated carbocycles. The van der Waals surface area contributed by atoms with E-state index in [2.05, 4.69) is 5.10 Å². The lowest BCUT2D eigenvalue weighted by Gasteiger charge is -2.25. The Kier molecular flexibility index (Phi) is 5.14. The fourth-order valence-electron chi connectivity index (χ4n) is 2.88. The number of amides is 1. The van der Waals surface area contributed by atoms with Gasteiger partial charge in [-0.15, -0.1) is 0 Å². The molecule has 1 unspecified atom stereocenters. The zero-order valence-corrected chi connectivity index (χ0v) is 14.1. The second kappa shape index (κ2) is 7.48. The lowest BCUT2D eigenvalue weighted by atomic mass is 10.1. The molecule has 1 aromatic carbocycles. The Morgan fingerprint density at radius 2 is 2.16 bits per heavy atom. The number of aryl methyl sites for hydroxylation is 1. The summed E-state index contributed by atoms with van der Waals surface area (Å²) in [6.45, 7) is 1.36. The summed E-state index contributed by atoms with van der Waals surface area (Å²) in [6, 6.07) is 9.67. The van der Waals surface area contributed by atoms with E-state index in [9.17, 15) is 14.7 Å². The number of carbonyl (C=O) groups is 1. The maximum Gasteiger partial charge on any atom is 0.274 e. The number of hydrogen-bond donors (Lipinski definition) is 1. The molecule has 1 aliphatic rings. The predicted molar refractivity (Wildman–Crippen MR) is 91.3 cm³/mol. The summed E-state index contributed by atoms with van der Waals surface area (Å²) < 4.78 is 6.78. The fraction of sp³-hybridized carbons (Fsp3) is 0.389. The Balaban J connectivity index is 1.86. The molecule has 1 atom stereocenters. The quantitative estimate of drug-likeness (QED) is 0.885. The molecule has 7 heteroatoms. The molecule has 1 saturated heterocycles. The largest absolute Gasteiger partial charge is 0.508 e. The summed E-state index contributed by atoms with van der Waals surface area (Å²) in [5.41, 5.74) is 0.567. The van der Waals surface area contributed by atoms with Crippen molar-refractivity contribution in [1.29, 1.82) is 0 Å². The maximum atomic E-state index is 12.9. The van der Waals surface area contributed by atoms with E-state index in [1.807, 2.05) is 6.07 Å². The highest BCUT2D eigenvalue weighted by Crippen LogP contribution is 2.21. The highest BCUT2D eigenvalue weighted by molar-refractivity contribution is 5.92. The number of aromatic nitrogens is 2. The van der Waals surface area contributed by atoms with Crippen molar-refractivity contribution in [3.05, 3.63) is 58.0 Å². The van der Waals surface area contributed by atoms with Crippen molar-refractivity contribution in [2.24, 2.45) is 7.05 Å². The van der Waals surface area contributed by atoms with Gasteiger partial charge in [0, 0.05) is 38.4 Å². The lowest BCUT2D eigenvalue weighted by molar-refractivity contribution is 0.0499. The molecule has 132 valence electrons. The summed E-state index contributed by atoms with van der Waals surface area (Å²) >= 11 is 0. The van der Waals surface area contributed by atoms with Crippen LogP contribution >= 0.6 is 0 Å². The normalized spacial score (nSPS) is 16.8. The molecular formula is C18H21N3O4. The van der Waals surface area contributed by atoms with Gasteiger partial charge >= 0.3 is 0 Å². The molecule has 1 fully saturated rings. The molecule has 1 amide bonds. The number of ether oxygens (including phenoxy) is 1. The average molecular weight is 343 g/mol. The highest BCUT2D eigenvalue weighted by atomic mass is 16.5. The van der Waals surface area contributed by atoms with Gasteiger partial charge in [0.2, 0.25) is 0 Å². The Labute approximate surface area is 145 Å². The predicted octanol–water partition coefficient (Wildman–Crippen LogP) is 1.31. The number of para-hydroxylation sites is 1. The van der Waals surface area contributed by atoms with Gasteiger partial charge in [-0.1, -0.05) is 18.2 Å². The van der Waals surface area contributed by atoms with Crippen LogP contribution < -0.4 is 5.56 Å². The third-order valence-electron chi connectivity index (χ3n) is 4.27. The van der Waals surface area contributed by atoms with Gasteiger partial charge in [0.05, 0.1) is 6.10 Å². The van der Waals surface area contributed by atoms with E-state index in [0.29, 0.717) is 18.7 Å². The van der Waals surface area contributed by atoms with Crippen LogP contribution in [0.25, 0.3) is 0 Å². The summed E-state index contributed by atoms with van der Waals surface area (Å²) in [7, 11) is 1.51. The Bertz CT molecular complexity index is 812. The fourth-order valence-corrected chi connectivity index (χ4v) is 2.88. The number of rotatable bonds is 5. The van der Waals surface area contributed by atoms with E-state index in [-0.39, 0.29) is 35.6 Å². The van der Waals surface area contributed by atoms with Crippen LogP contribution in [0.15, 0.2) is 41.2 Å². The monoisotopic (exact) mass is 343 g/mol. The van der Waals surface area contributed by atoms with Gasteiger partial charge in [-0.25, -0.2) is 4.68 Å². The Hall–Kier alpha value is -2.67. The van der Waals surface area contributed by atoms with Crippen LogP contribution in [0.3, 0.4) is 0 Å². The van der Waals surface area contributed by atoms with Crippen molar-refractivity contribution < 1.29 is 14.6 Å². The van der Waals surface area contributed by atoms with E-state index in [1.54, 1.807) is 23.1 Å². The van der Waals surface area contributed by atoms with E-state index < -0.39 is 0 Å². The molecule has 2 heterocycles. The van der Waals surface area contributed by atoms with E-state index in [0.717, 1.165) is 17.5 Å². The van der Waals surface area contributed by atoms with Crippen LogP contribution in [0.2, 0.25) is 0 Å². The van der Waals surface area contributed by atoms with E-state index in [4.69, 9.17) is 4.74 Å². The number of phenols is 1. The van der Waals surface area contributed by atoms with Gasteiger partial charge in [0.1, 0.15) is 11.4 Å². The second-order valence-electron chi connectivity index (χ2n) is 6.13. The van der Waals surface area contributed by atoms with Gasteiger partial charge < -0.3 is 14.7 Å². The molecule has 0 radical (unpaired) electrons. The summed E-state index contributed by atoms with van der Waals surface area (Å²) in [4.78, 5) is 26.0.